The van der Waals surface area contributed by atoms with Crippen LogP contribution in [0.5, 0.6) is 0 Å². The summed E-state index contributed by atoms with van der Waals surface area (Å²) in [5.74, 6) is 0.983. The molecule has 16 heavy (non-hydrogen) atoms. The van der Waals surface area contributed by atoms with Crippen LogP contribution in [0.3, 0.4) is 0 Å². The van der Waals surface area contributed by atoms with Crippen molar-refractivity contribution in [3.63, 3.8) is 0 Å². The van der Waals surface area contributed by atoms with Crippen LogP contribution in [-0.4, -0.2) is 29.9 Å². The lowest BCUT2D eigenvalue weighted by molar-refractivity contribution is -0.132. The molecule has 0 aromatic heterocycles. The fraction of sp³-hybridized carbons (Fsp3) is 0.917. The van der Waals surface area contributed by atoms with Crippen molar-refractivity contribution in [2.24, 2.45) is 11.7 Å². The number of hydrogen-bond donors (Lipinski definition) is 1. The average molecular weight is 249 g/mol. The zero-order valence-corrected chi connectivity index (χ0v) is 11.3. The smallest absolute Gasteiger partial charge is 0.222 e. The van der Waals surface area contributed by atoms with Crippen molar-refractivity contribution >= 4 is 18.3 Å². The topological polar surface area (TPSA) is 46.3 Å². The van der Waals surface area contributed by atoms with Gasteiger partial charge in [0.25, 0.3) is 0 Å². The Balaban J connectivity index is 0.00000225. The molecule has 1 rings (SSSR count). The van der Waals surface area contributed by atoms with Gasteiger partial charge in [0.05, 0.1) is 0 Å². The number of carbonyl (C=O) groups excluding carboxylic acids is 1. The zero-order chi connectivity index (χ0) is 11.3. The minimum absolute atomic E-state index is 0. The third-order valence-electron chi connectivity index (χ3n) is 2.85. The van der Waals surface area contributed by atoms with E-state index in [0.717, 1.165) is 19.4 Å². The number of carbonyl (C=O) groups is 1. The van der Waals surface area contributed by atoms with Crippen molar-refractivity contribution in [3.05, 3.63) is 0 Å². The predicted octanol–water partition coefficient (Wildman–Crippen LogP) is 2.18. The molecule has 0 atom stereocenters. The molecule has 0 spiro atoms. The number of nitrogens with zero attached hydrogens (tertiary/aromatic N) is 1. The van der Waals surface area contributed by atoms with Crippen LogP contribution in [0.4, 0.5) is 0 Å². The minimum atomic E-state index is 0. The molecule has 0 bridgehead atoms. The van der Waals surface area contributed by atoms with Crippen LogP contribution in [0.25, 0.3) is 0 Å². The first kappa shape index (κ1) is 15.7. The van der Waals surface area contributed by atoms with E-state index in [-0.39, 0.29) is 12.4 Å². The third kappa shape index (κ3) is 5.71. The van der Waals surface area contributed by atoms with Crippen molar-refractivity contribution in [1.82, 2.24) is 4.90 Å². The van der Waals surface area contributed by atoms with Crippen LogP contribution in [0.15, 0.2) is 0 Å². The van der Waals surface area contributed by atoms with Crippen LogP contribution < -0.4 is 5.73 Å². The second kappa shape index (κ2) is 7.91. The first-order valence-corrected chi connectivity index (χ1v) is 6.14. The van der Waals surface area contributed by atoms with Gasteiger partial charge in [-0.15, -0.1) is 12.4 Å². The molecule has 0 unspecified atom stereocenters. The zero-order valence-electron chi connectivity index (χ0n) is 10.4. The molecule has 0 aromatic rings. The van der Waals surface area contributed by atoms with Gasteiger partial charge in [-0.25, -0.2) is 0 Å². The first-order valence-electron chi connectivity index (χ1n) is 6.14. The van der Waals surface area contributed by atoms with Crippen molar-refractivity contribution in [2.45, 2.75) is 52.0 Å². The van der Waals surface area contributed by atoms with Crippen LogP contribution in [0.2, 0.25) is 0 Å². The second-order valence-electron chi connectivity index (χ2n) is 4.89. The molecule has 0 aromatic carbocycles. The molecule has 0 heterocycles. The van der Waals surface area contributed by atoms with Gasteiger partial charge >= 0.3 is 0 Å². The number of hydrogen-bond acceptors (Lipinski definition) is 2. The van der Waals surface area contributed by atoms with E-state index >= 15 is 0 Å². The van der Waals surface area contributed by atoms with E-state index in [1.54, 1.807) is 0 Å². The minimum Gasteiger partial charge on any atom is -0.340 e. The maximum Gasteiger partial charge on any atom is 0.222 e. The monoisotopic (exact) mass is 248 g/mol. The Bertz CT molecular complexity index is 205. The van der Waals surface area contributed by atoms with Gasteiger partial charge in [-0.1, -0.05) is 13.8 Å². The van der Waals surface area contributed by atoms with Gasteiger partial charge in [0.1, 0.15) is 0 Å². The molecule has 1 aliphatic rings. The summed E-state index contributed by atoms with van der Waals surface area (Å²) in [6.07, 6.45) is 4.97. The summed E-state index contributed by atoms with van der Waals surface area (Å²) in [6, 6.07) is 0.550. The van der Waals surface area contributed by atoms with Crippen LogP contribution in [0, 0.1) is 5.92 Å². The molecule has 4 heteroatoms. The summed E-state index contributed by atoms with van der Waals surface area (Å²) < 4.78 is 0. The molecule has 96 valence electrons. The fourth-order valence-corrected chi connectivity index (χ4v) is 1.69. The van der Waals surface area contributed by atoms with Gasteiger partial charge in [-0.05, 0) is 38.1 Å². The van der Waals surface area contributed by atoms with E-state index < -0.39 is 0 Å². The summed E-state index contributed by atoms with van der Waals surface area (Å²) in [4.78, 5) is 13.9. The fourth-order valence-electron chi connectivity index (χ4n) is 1.69. The van der Waals surface area contributed by atoms with Gasteiger partial charge in [0.2, 0.25) is 5.91 Å². The van der Waals surface area contributed by atoms with E-state index in [1.165, 1.54) is 12.8 Å². The Hall–Kier alpha value is -0.280. The molecule has 0 radical (unpaired) electrons. The summed E-state index contributed by atoms with van der Waals surface area (Å²) in [5, 5.41) is 0. The lowest BCUT2D eigenvalue weighted by atomic mass is 10.1. The Kier molecular flexibility index (Phi) is 7.77. The summed E-state index contributed by atoms with van der Waals surface area (Å²) >= 11 is 0. The highest BCUT2D eigenvalue weighted by atomic mass is 35.5. The Morgan fingerprint density at radius 2 is 2.06 bits per heavy atom. The van der Waals surface area contributed by atoms with Gasteiger partial charge in [0, 0.05) is 19.0 Å². The van der Waals surface area contributed by atoms with Crippen molar-refractivity contribution in [2.75, 3.05) is 13.1 Å². The molecular formula is C12H25ClN2O. The van der Waals surface area contributed by atoms with Gasteiger partial charge < -0.3 is 10.6 Å². The Morgan fingerprint density at radius 3 is 2.50 bits per heavy atom. The number of halogens is 1. The van der Waals surface area contributed by atoms with Crippen molar-refractivity contribution in [3.8, 4) is 0 Å². The molecule has 2 N–H and O–H groups in total. The van der Waals surface area contributed by atoms with Gasteiger partial charge in [-0.2, -0.15) is 0 Å². The molecule has 1 aliphatic carbocycles. The lowest BCUT2D eigenvalue weighted by Gasteiger charge is -2.23. The highest BCUT2D eigenvalue weighted by molar-refractivity contribution is 5.85. The molecule has 3 nitrogen and oxygen atoms in total. The predicted molar refractivity (Wildman–Crippen MR) is 69.7 cm³/mol. The van der Waals surface area contributed by atoms with Crippen LogP contribution in [0.1, 0.15) is 46.0 Å². The lowest BCUT2D eigenvalue weighted by Crippen LogP contribution is -2.34. The molecule has 0 saturated heterocycles. The Morgan fingerprint density at radius 1 is 1.44 bits per heavy atom. The molecule has 1 fully saturated rings. The summed E-state index contributed by atoms with van der Waals surface area (Å²) in [5.41, 5.74) is 5.42. The first-order chi connectivity index (χ1) is 7.15. The number of rotatable bonds is 7. The quantitative estimate of drug-likeness (QED) is 0.751. The normalized spacial score (nSPS) is 14.8. The highest BCUT2D eigenvalue weighted by Gasteiger charge is 2.31. The Labute approximate surface area is 105 Å². The van der Waals surface area contributed by atoms with Crippen molar-refractivity contribution < 1.29 is 4.79 Å². The average Bonchev–Trinajstić information content (AvgIpc) is 2.98. The van der Waals surface area contributed by atoms with Crippen LogP contribution in [-0.2, 0) is 4.79 Å². The molecular weight excluding hydrogens is 224 g/mol. The second-order valence-corrected chi connectivity index (χ2v) is 4.89. The van der Waals surface area contributed by atoms with Gasteiger partial charge in [-0.3, -0.25) is 4.79 Å². The summed E-state index contributed by atoms with van der Waals surface area (Å²) in [7, 11) is 0. The standard InChI is InChI=1S/C12H24N2O.ClH/c1-10(2)7-9-14(11-5-6-11)12(15)4-3-8-13;/h10-11H,3-9,13H2,1-2H3;1H. The number of nitrogens with two attached hydrogens (primary N) is 1. The summed E-state index contributed by atoms with van der Waals surface area (Å²) in [6.45, 7) is 5.96. The van der Waals surface area contributed by atoms with E-state index in [1.807, 2.05) is 0 Å². The SMILES string of the molecule is CC(C)CCN(C(=O)CCCN)C1CC1.Cl. The maximum absolute atomic E-state index is 11.9. The highest BCUT2D eigenvalue weighted by Crippen LogP contribution is 2.28. The van der Waals surface area contributed by atoms with Gasteiger partial charge in [0.15, 0.2) is 0 Å². The molecule has 0 aliphatic heterocycles. The number of amides is 1. The largest absolute Gasteiger partial charge is 0.340 e. The van der Waals surface area contributed by atoms with E-state index in [9.17, 15) is 4.79 Å². The molecule has 1 saturated carbocycles. The van der Waals surface area contributed by atoms with Crippen LogP contribution >= 0.6 is 12.4 Å². The molecule has 1 amide bonds. The van der Waals surface area contributed by atoms with Crippen molar-refractivity contribution in [1.29, 1.82) is 0 Å². The third-order valence-corrected chi connectivity index (χ3v) is 2.85. The van der Waals surface area contributed by atoms with E-state index in [0.29, 0.717) is 30.8 Å². The van der Waals surface area contributed by atoms with E-state index in [4.69, 9.17) is 5.73 Å². The van der Waals surface area contributed by atoms with E-state index in [2.05, 4.69) is 18.7 Å². The maximum atomic E-state index is 11.9.